The van der Waals surface area contributed by atoms with E-state index in [9.17, 15) is 4.79 Å². The van der Waals surface area contributed by atoms with Gasteiger partial charge >= 0.3 is 6.03 Å². The zero-order valence-electron chi connectivity index (χ0n) is 16.2. The van der Waals surface area contributed by atoms with Crippen LogP contribution in [0.15, 0.2) is 24.3 Å². The van der Waals surface area contributed by atoms with Gasteiger partial charge in [0.15, 0.2) is 0 Å². The third kappa shape index (κ3) is 5.13. The highest BCUT2D eigenvalue weighted by molar-refractivity contribution is 5.91. The van der Waals surface area contributed by atoms with Crippen molar-refractivity contribution >= 4 is 11.7 Å². The summed E-state index contributed by atoms with van der Waals surface area (Å²) in [5.41, 5.74) is 0.754. The van der Waals surface area contributed by atoms with Crippen molar-refractivity contribution in [3.63, 3.8) is 0 Å². The molecule has 0 atom stereocenters. The second-order valence-electron chi connectivity index (χ2n) is 7.77. The number of piperidine rings is 2. The molecule has 2 heterocycles. The van der Waals surface area contributed by atoms with E-state index >= 15 is 0 Å². The summed E-state index contributed by atoms with van der Waals surface area (Å²) in [4.78, 5) is 17.2. The summed E-state index contributed by atoms with van der Waals surface area (Å²) in [5, 5.41) is 3.02. The first kappa shape index (κ1) is 19.0. The molecule has 0 radical (unpaired) electrons. The highest BCUT2D eigenvalue weighted by Crippen LogP contribution is 2.26. The summed E-state index contributed by atoms with van der Waals surface area (Å²) in [6, 6.07) is 7.62. The molecule has 0 unspecified atom stereocenters. The molecule has 5 heteroatoms. The summed E-state index contributed by atoms with van der Waals surface area (Å²) in [6.45, 7) is 10.3. The van der Waals surface area contributed by atoms with Crippen LogP contribution in [0.2, 0.25) is 0 Å². The van der Waals surface area contributed by atoms with E-state index in [0.29, 0.717) is 6.61 Å². The highest BCUT2D eigenvalue weighted by Gasteiger charge is 2.26. The standard InChI is InChI=1S/C21H33N3O2/c1-3-26-20-7-5-4-6-19(20)22-21(25)24-14-10-18(11-15-24)16-23-12-8-17(2)9-13-23/h4-7,17-18H,3,8-16H2,1-2H3,(H,22,25). The van der Waals surface area contributed by atoms with Crippen molar-refractivity contribution in [1.29, 1.82) is 0 Å². The van der Waals surface area contributed by atoms with Gasteiger partial charge in [0.2, 0.25) is 0 Å². The van der Waals surface area contributed by atoms with E-state index in [4.69, 9.17) is 4.74 Å². The molecule has 5 nitrogen and oxygen atoms in total. The fourth-order valence-electron chi connectivity index (χ4n) is 3.97. The average Bonchev–Trinajstić information content (AvgIpc) is 2.66. The van der Waals surface area contributed by atoms with E-state index in [1.165, 1.54) is 32.5 Å². The lowest BCUT2D eigenvalue weighted by atomic mass is 9.93. The SMILES string of the molecule is CCOc1ccccc1NC(=O)N1CCC(CN2CCC(C)CC2)CC1. The van der Waals surface area contributed by atoms with Crippen LogP contribution in [0.25, 0.3) is 0 Å². The molecule has 2 fully saturated rings. The number of hydrogen-bond acceptors (Lipinski definition) is 3. The van der Waals surface area contributed by atoms with E-state index < -0.39 is 0 Å². The van der Waals surface area contributed by atoms with Gasteiger partial charge < -0.3 is 19.9 Å². The minimum absolute atomic E-state index is 0.0117. The second kappa shape index (κ2) is 9.26. The number of urea groups is 1. The molecule has 1 aromatic carbocycles. The van der Waals surface area contributed by atoms with E-state index in [0.717, 1.165) is 49.2 Å². The Balaban J connectivity index is 1.45. The van der Waals surface area contributed by atoms with Crippen molar-refractivity contribution in [2.24, 2.45) is 11.8 Å². The third-order valence-corrected chi connectivity index (χ3v) is 5.72. The Morgan fingerprint density at radius 1 is 1.12 bits per heavy atom. The maximum Gasteiger partial charge on any atom is 0.321 e. The number of carbonyl (C=O) groups is 1. The molecule has 1 aromatic rings. The molecular formula is C21H33N3O2. The number of rotatable bonds is 5. The van der Waals surface area contributed by atoms with Gasteiger partial charge in [0.05, 0.1) is 12.3 Å². The zero-order chi connectivity index (χ0) is 18.4. The molecule has 2 aliphatic heterocycles. The Hall–Kier alpha value is -1.75. The van der Waals surface area contributed by atoms with Crippen molar-refractivity contribution in [1.82, 2.24) is 9.80 Å². The largest absolute Gasteiger partial charge is 0.492 e. The van der Waals surface area contributed by atoms with Crippen LogP contribution < -0.4 is 10.1 Å². The number of anilines is 1. The number of nitrogens with zero attached hydrogens (tertiary/aromatic N) is 2. The molecule has 0 aliphatic carbocycles. The number of hydrogen-bond donors (Lipinski definition) is 1. The highest BCUT2D eigenvalue weighted by atomic mass is 16.5. The lowest BCUT2D eigenvalue weighted by Crippen LogP contribution is -2.44. The fourth-order valence-corrected chi connectivity index (χ4v) is 3.97. The Labute approximate surface area is 157 Å². The number of likely N-dealkylation sites (tertiary alicyclic amines) is 2. The monoisotopic (exact) mass is 359 g/mol. The first-order valence-electron chi connectivity index (χ1n) is 10.2. The second-order valence-corrected chi connectivity index (χ2v) is 7.77. The zero-order valence-corrected chi connectivity index (χ0v) is 16.2. The van der Waals surface area contributed by atoms with Crippen LogP contribution >= 0.6 is 0 Å². The molecule has 144 valence electrons. The van der Waals surface area contributed by atoms with Crippen LogP contribution in [-0.2, 0) is 0 Å². The maximum atomic E-state index is 12.6. The number of amides is 2. The predicted molar refractivity (Wildman–Crippen MR) is 106 cm³/mol. The lowest BCUT2D eigenvalue weighted by Gasteiger charge is -2.37. The van der Waals surface area contributed by atoms with Crippen LogP contribution in [-0.4, -0.2) is 55.2 Å². The van der Waals surface area contributed by atoms with Crippen LogP contribution in [0.4, 0.5) is 10.5 Å². The van der Waals surface area contributed by atoms with Crippen molar-refractivity contribution in [2.45, 2.75) is 39.5 Å². The molecular weight excluding hydrogens is 326 g/mol. The van der Waals surface area contributed by atoms with E-state index in [2.05, 4.69) is 17.1 Å². The van der Waals surface area contributed by atoms with E-state index in [1.807, 2.05) is 36.1 Å². The normalized spacial score (nSPS) is 20.2. The Morgan fingerprint density at radius 2 is 1.81 bits per heavy atom. The molecule has 0 aromatic heterocycles. The van der Waals surface area contributed by atoms with E-state index in [1.54, 1.807) is 0 Å². The van der Waals surface area contributed by atoms with Crippen LogP contribution in [0.1, 0.15) is 39.5 Å². The Kier molecular flexibility index (Phi) is 6.78. The molecule has 2 aliphatic rings. The van der Waals surface area contributed by atoms with Crippen LogP contribution in [0, 0.1) is 11.8 Å². The topological polar surface area (TPSA) is 44.8 Å². The first-order valence-corrected chi connectivity index (χ1v) is 10.2. The fraction of sp³-hybridized carbons (Fsp3) is 0.667. The smallest absolute Gasteiger partial charge is 0.321 e. The van der Waals surface area contributed by atoms with Crippen molar-refractivity contribution in [3.05, 3.63) is 24.3 Å². The molecule has 3 rings (SSSR count). The number of nitrogens with one attached hydrogen (secondary N) is 1. The summed E-state index contributed by atoms with van der Waals surface area (Å²) in [6.07, 6.45) is 4.88. The van der Waals surface area contributed by atoms with Gasteiger partial charge in [0.1, 0.15) is 5.75 Å². The molecule has 2 saturated heterocycles. The predicted octanol–water partition coefficient (Wildman–Crippen LogP) is 4.06. The summed E-state index contributed by atoms with van der Waals surface area (Å²) in [5.74, 6) is 2.34. The number of para-hydroxylation sites is 2. The lowest BCUT2D eigenvalue weighted by molar-refractivity contribution is 0.130. The minimum atomic E-state index is -0.0117. The number of benzene rings is 1. The molecule has 26 heavy (non-hydrogen) atoms. The summed E-state index contributed by atoms with van der Waals surface area (Å²) in [7, 11) is 0. The summed E-state index contributed by atoms with van der Waals surface area (Å²) >= 11 is 0. The first-order chi connectivity index (χ1) is 12.7. The minimum Gasteiger partial charge on any atom is -0.492 e. The molecule has 0 saturated carbocycles. The van der Waals surface area contributed by atoms with Gasteiger partial charge in [-0.05, 0) is 69.7 Å². The van der Waals surface area contributed by atoms with Crippen molar-refractivity contribution in [2.75, 3.05) is 44.6 Å². The van der Waals surface area contributed by atoms with Gasteiger partial charge in [-0.25, -0.2) is 4.79 Å². The van der Waals surface area contributed by atoms with Gasteiger partial charge in [0.25, 0.3) is 0 Å². The maximum absolute atomic E-state index is 12.6. The average molecular weight is 360 g/mol. The number of ether oxygens (including phenoxy) is 1. The quantitative estimate of drug-likeness (QED) is 0.862. The molecule has 0 bridgehead atoms. The Morgan fingerprint density at radius 3 is 2.50 bits per heavy atom. The summed E-state index contributed by atoms with van der Waals surface area (Å²) < 4.78 is 5.60. The van der Waals surface area contributed by atoms with Gasteiger partial charge in [0, 0.05) is 19.6 Å². The van der Waals surface area contributed by atoms with E-state index in [-0.39, 0.29) is 6.03 Å². The van der Waals surface area contributed by atoms with Gasteiger partial charge in [-0.2, -0.15) is 0 Å². The number of carbonyl (C=O) groups excluding carboxylic acids is 1. The van der Waals surface area contributed by atoms with Gasteiger partial charge in [-0.15, -0.1) is 0 Å². The molecule has 1 N–H and O–H groups in total. The molecule has 0 spiro atoms. The van der Waals surface area contributed by atoms with Crippen molar-refractivity contribution in [3.8, 4) is 5.75 Å². The van der Waals surface area contributed by atoms with Gasteiger partial charge in [-0.1, -0.05) is 19.1 Å². The van der Waals surface area contributed by atoms with Gasteiger partial charge in [-0.3, -0.25) is 0 Å². The Bertz CT molecular complexity index is 576. The van der Waals surface area contributed by atoms with Crippen LogP contribution in [0.5, 0.6) is 5.75 Å². The van der Waals surface area contributed by atoms with Crippen molar-refractivity contribution < 1.29 is 9.53 Å². The van der Waals surface area contributed by atoms with Crippen LogP contribution in [0.3, 0.4) is 0 Å². The molecule has 2 amide bonds. The third-order valence-electron chi connectivity index (χ3n) is 5.72.